The quantitative estimate of drug-likeness (QED) is 0.773. The van der Waals surface area contributed by atoms with Crippen molar-refractivity contribution in [2.24, 2.45) is 0 Å². The number of hydrogen-bond acceptors (Lipinski definition) is 2. The summed E-state index contributed by atoms with van der Waals surface area (Å²) in [5.41, 5.74) is 4.33. The first-order valence-electron chi connectivity index (χ1n) is 6.46. The summed E-state index contributed by atoms with van der Waals surface area (Å²) in [6, 6.07) is 11.5. The van der Waals surface area contributed by atoms with Crippen LogP contribution in [0.3, 0.4) is 0 Å². The van der Waals surface area contributed by atoms with Crippen molar-refractivity contribution in [2.45, 2.75) is 13.8 Å². The number of rotatable bonds is 2. The number of carbonyl (C=O) groups excluding carboxylic acids is 1. The molecular weight excluding hydrogens is 250 g/mol. The smallest absolute Gasteiger partial charge is 0.272 e. The number of amides is 1. The van der Waals surface area contributed by atoms with Crippen LogP contribution in [-0.4, -0.2) is 15.3 Å². The summed E-state index contributed by atoms with van der Waals surface area (Å²) in [5, 5.41) is 2.96. The molecule has 0 spiro atoms. The molecule has 3 aromatic rings. The molecule has 0 atom stereocenters. The van der Waals surface area contributed by atoms with E-state index in [4.69, 9.17) is 0 Å². The monoisotopic (exact) mass is 265 g/mol. The van der Waals surface area contributed by atoms with Crippen molar-refractivity contribution in [3.8, 4) is 0 Å². The van der Waals surface area contributed by atoms with Crippen LogP contribution in [0.25, 0.3) is 5.65 Å². The number of nitrogens with one attached hydrogen (secondary N) is 1. The number of anilines is 1. The number of imidazole rings is 1. The van der Waals surface area contributed by atoms with Gasteiger partial charge < -0.3 is 5.32 Å². The Balaban J connectivity index is 1.97. The van der Waals surface area contributed by atoms with Crippen molar-refractivity contribution < 1.29 is 4.79 Å². The minimum atomic E-state index is -0.137. The predicted molar refractivity (Wildman–Crippen MR) is 79.1 cm³/mol. The molecule has 0 unspecified atom stereocenters. The van der Waals surface area contributed by atoms with E-state index in [1.54, 1.807) is 22.9 Å². The topological polar surface area (TPSA) is 46.4 Å². The fourth-order valence-corrected chi connectivity index (χ4v) is 2.19. The summed E-state index contributed by atoms with van der Waals surface area (Å²) >= 11 is 0. The zero-order valence-electron chi connectivity index (χ0n) is 11.4. The molecule has 0 fully saturated rings. The van der Waals surface area contributed by atoms with Gasteiger partial charge in [-0.1, -0.05) is 18.2 Å². The van der Waals surface area contributed by atoms with E-state index in [0.29, 0.717) is 5.69 Å². The van der Waals surface area contributed by atoms with Crippen LogP contribution < -0.4 is 5.32 Å². The molecule has 20 heavy (non-hydrogen) atoms. The molecule has 0 radical (unpaired) electrons. The molecule has 100 valence electrons. The van der Waals surface area contributed by atoms with Gasteiger partial charge in [0.2, 0.25) is 0 Å². The van der Waals surface area contributed by atoms with Gasteiger partial charge in [0.25, 0.3) is 5.91 Å². The van der Waals surface area contributed by atoms with Gasteiger partial charge in [-0.25, -0.2) is 4.98 Å². The van der Waals surface area contributed by atoms with Gasteiger partial charge in [0.15, 0.2) is 0 Å². The Morgan fingerprint density at radius 1 is 1.20 bits per heavy atom. The number of pyridine rings is 1. The first-order chi connectivity index (χ1) is 9.65. The van der Waals surface area contributed by atoms with E-state index in [-0.39, 0.29) is 5.91 Å². The molecule has 2 aromatic heterocycles. The summed E-state index contributed by atoms with van der Waals surface area (Å²) in [7, 11) is 0. The standard InChI is InChI=1S/C16H15N3O/c1-11-6-7-12(2)13(10-11)18-16(20)14-4-3-5-15-17-8-9-19(14)15/h3-10H,1-2H3,(H,18,20). The van der Waals surface area contributed by atoms with Crippen molar-refractivity contribution in [3.63, 3.8) is 0 Å². The van der Waals surface area contributed by atoms with Gasteiger partial charge in [-0.3, -0.25) is 9.20 Å². The van der Waals surface area contributed by atoms with Gasteiger partial charge in [-0.15, -0.1) is 0 Å². The molecule has 0 bridgehead atoms. The third-order valence-corrected chi connectivity index (χ3v) is 3.30. The number of carbonyl (C=O) groups is 1. The zero-order valence-corrected chi connectivity index (χ0v) is 11.4. The Morgan fingerprint density at radius 2 is 2.05 bits per heavy atom. The summed E-state index contributed by atoms with van der Waals surface area (Å²) < 4.78 is 1.78. The second-order valence-corrected chi connectivity index (χ2v) is 4.84. The maximum absolute atomic E-state index is 12.4. The molecule has 0 saturated carbocycles. The van der Waals surface area contributed by atoms with Gasteiger partial charge in [-0.05, 0) is 43.2 Å². The average molecular weight is 265 g/mol. The lowest BCUT2D eigenvalue weighted by Crippen LogP contribution is -2.16. The lowest BCUT2D eigenvalue weighted by molar-refractivity contribution is 0.102. The van der Waals surface area contributed by atoms with E-state index in [9.17, 15) is 4.79 Å². The van der Waals surface area contributed by atoms with Gasteiger partial charge in [0, 0.05) is 18.1 Å². The molecule has 2 heterocycles. The van der Waals surface area contributed by atoms with Crippen LogP contribution in [0, 0.1) is 13.8 Å². The number of fused-ring (bicyclic) bond motifs is 1. The number of benzene rings is 1. The van der Waals surface area contributed by atoms with Gasteiger partial charge in [0.1, 0.15) is 11.3 Å². The fraction of sp³-hybridized carbons (Fsp3) is 0.125. The molecule has 0 aliphatic heterocycles. The molecule has 3 rings (SSSR count). The molecule has 0 aliphatic rings. The molecule has 0 saturated heterocycles. The lowest BCUT2D eigenvalue weighted by Gasteiger charge is -2.10. The van der Waals surface area contributed by atoms with Crippen molar-refractivity contribution >= 4 is 17.2 Å². The van der Waals surface area contributed by atoms with Crippen LogP contribution in [0.4, 0.5) is 5.69 Å². The Labute approximate surface area is 117 Å². The van der Waals surface area contributed by atoms with E-state index < -0.39 is 0 Å². The van der Waals surface area contributed by atoms with Gasteiger partial charge in [0.05, 0.1) is 0 Å². The largest absolute Gasteiger partial charge is 0.320 e. The van der Waals surface area contributed by atoms with Crippen LogP contribution in [0.1, 0.15) is 21.6 Å². The molecule has 1 amide bonds. The summed E-state index contributed by atoms with van der Waals surface area (Å²) in [6.07, 6.45) is 3.47. The molecule has 4 nitrogen and oxygen atoms in total. The Morgan fingerprint density at radius 3 is 2.90 bits per heavy atom. The van der Waals surface area contributed by atoms with Crippen molar-refractivity contribution in [3.05, 3.63) is 65.6 Å². The third kappa shape index (κ3) is 2.16. The third-order valence-electron chi connectivity index (χ3n) is 3.30. The minimum Gasteiger partial charge on any atom is -0.320 e. The summed E-state index contributed by atoms with van der Waals surface area (Å²) in [6.45, 7) is 3.98. The Kier molecular flexibility index (Phi) is 2.99. The molecule has 0 aliphatic carbocycles. The van der Waals surface area contributed by atoms with Crippen LogP contribution >= 0.6 is 0 Å². The first kappa shape index (κ1) is 12.4. The van der Waals surface area contributed by atoms with E-state index >= 15 is 0 Å². The maximum atomic E-state index is 12.4. The average Bonchev–Trinajstić information content (AvgIpc) is 2.91. The summed E-state index contributed by atoms with van der Waals surface area (Å²) in [5.74, 6) is -0.137. The van der Waals surface area contributed by atoms with Gasteiger partial charge >= 0.3 is 0 Å². The van der Waals surface area contributed by atoms with Gasteiger partial charge in [-0.2, -0.15) is 0 Å². The van der Waals surface area contributed by atoms with E-state index in [2.05, 4.69) is 10.3 Å². The molecule has 4 heteroatoms. The highest BCUT2D eigenvalue weighted by Gasteiger charge is 2.11. The maximum Gasteiger partial charge on any atom is 0.272 e. The highest BCUT2D eigenvalue weighted by Crippen LogP contribution is 2.17. The second kappa shape index (κ2) is 4.81. The predicted octanol–water partition coefficient (Wildman–Crippen LogP) is 3.20. The normalized spacial score (nSPS) is 10.7. The SMILES string of the molecule is Cc1ccc(C)c(NC(=O)c2cccc3nccn23)c1. The zero-order chi connectivity index (χ0) is 14.1. The summed E-state index contributed by atoms with van der Waals surface area (Å²) in [4.78, 5) is 16.6. The van der Waals surface area contributed by atoms with E-state index in [0.717, 1.165) is 22.5 Å². The fourth-order valence-electron chi connectivity index (χ4n) is 2.19. The van der Waals surface area contributed by atoms with E-state index in [1.165, 1.54) is 0 Å². The number of hydrogen-bond donors (Lipinski definition) is 1. The number of aromatic nitrogens is 2. The highest BCUT2D eigenvalue weighted by atomic mass is 16.1. The number of aryl methyl sites for hydroxylation is 2. The number of nitrogens with zero attached hydrogens (tertiary/aromatic N) is 2. The minimum absolute atomic E-state index is 0.137. The van der Waals surface area contributed by atoms with Crippen molar-refractivity contribution in [1.29, 1.82) is 0 Å². The Bertz CT molecular complexity index is 789. The van der Waals surface area contributed by atoms with E-state index in [1.807, 2.05) is 44.2 Å². The first-order valence-corrected chi connectivity index (χ1v) is 6.46. The van der Waals surface area contributed by atoms with Crippen molar-refractivity contribution in [1.82, 2.24) is 9.38 Å². The van der Waals surface area contributed by atoms with Crippen LogP contribution in [0.5, 0.6) is 0 Å². The molecular formula is C16H15N3O. The van der Waals surface area contributed by atoms with Crippen LogP contribution in [-0.2, 0) is 0 Å². The Hall–Kier alpha value is -2.62. The molecule has 1 aromatic carbocycles. The highest BCUT2D eigenvalue weighted by molar-refractivity contribution is 6.03. The lowest BCUT2D eigenvalue weighted by atomic mass is 10.1. The van der Waals surface area contributed by atoms with Crippen LogP contribution in [0.2, 0.25) is 0 Å². The van der Waals surface area contributed by atoms with Crippen LogP contribution in [0.15, 0.2) is 48.8 Å². The second-order valence-electron chi connectivity index (χ2n) is 4.84. The van der Waals surface area contributed by atoms with Crippen molar-refractivity contribution in [2.75, 3.05) is 5.32 Å². The molecule has 1 N–H and O–H groups in total.